The number of carbonyl (C=O) groups is 1. The number of hydrogen-bond donors (Lipinski definition) is 0. The number of aromatic nitrogens is 2. The van der Waals surface area contributed by atoms with Gasteiger partial charge in [-0.25, -0.2) is 0 Å². The van der Waals surface area contributed by atoms with E-state index in [0.717, 1.165) is 29.7 Å². The van der Waals surface area contributed by atoms with Crippen LogP contribution in [0.5, 0.6) is 11.5 Å². The maximum absolute atomic E-state index is 12.6. The molecule has 0 saturated heterocycles. The highest BCUT2D eigenvalue weighted by molar-refractivity contribution is 6.12. The van der Waals surface area contributed by atoms with Crippen LogP contribution in [0, 0.1) is 0 Å². The SMILES string of the molecule is CCOc1cc(/C=C2\CCc3c(cnn3C)C2=O)ccc1OC. The third-order valence-corrected chi connectivity index (χ3v) is 4.06. The van der Waals surface area contributed by atoms with Crippen molar-refractivity contribution in [2.45, 2.75) is 19.8 Å². The van der Waals surface area contributed by atoms with Gasteiger partial charge in [0.15, 0.2) is 17.3 Å². The first kappa shape index (κ1) is 15.3. The molecule has 1 aromatic carbocycles. The number of methoxy groups -OCH3 is 1. The van der Waals surface area contributed by atoms with Crippen LogP contribution < -0.4 is 9.47 Å². The number of hydrogen-bond acceptors (Lipinski definition) is 4. The van der Waals surface area contributed by atoms with Gasteiger partial charge in [0.1, 0.15) is 0 Å². The molecule has 0 spiro atoms. The molecule has 0 atom stereocenters. The Bertz CT molecular complexity index is 775. The van der Waals surface area contributed by atoms with E-state index in [1.54, 1.807) is 18.0 Å². The van der Waals surface area contributed by atoms with Crippen molar-refractivity contribution in [2.75, 3.05) is 13.7 Å². The molecule has 0 N–H and O–H groups in total. The Kier molecular flexibility index (Phi) is 4.19. The van der Waals surface area contributed by atoms with E-state index in [1.165, 1.54) is 0 Å². The predicted molar refractivity (Wildman–Crippen MR) is 88.0 cm³/mol. The quantitative estimate of drug-likeness (QED) is 0.814. The van der Waals surface area contributed by atoms with Gasteiger partial charge >= 0.3 is 0 Å². The highest BCUT2D eigenvalue weighted by Crippen LogP contribution is 2.31. The molecule has 0 amide bonds. The third kappa shape index (κ3) is 2.86. The topological polar surface area (TPSA) is 53.4 Å². The summed E-state index contributed by atoms with van der Waals surface area (Å²) in [6.45, 7) is 2.49. The van der Waals surface area contributed by atoms with Gasteiger partial charge in [-0.3, -0.25) is 9.48 Å². The number of Topliss-reactive ketones (excluding diaryl/α,β-unsaturated/α-hetero) is 1. The molecule has 5 heteroatoms. The molecule has 1 aliphatic carbocycles. The summed E-state index contributed by atoms with van der Waals surface area (Å²) in [5.74, 6) is 1.45. The van der Waals surface area contributed by atoms with E-state index in [0.29, 0.717) is 23.7 Å². The van der Waals surface area contributed by atoms with Crippen LogP contribution >= 0.6 is 0 Å². The number of rotatable bonds is 4. The van der Waals surface area contributed by atoms with Gasteiger partial charge in [0.2, 0.25) is 0 Å². The van der Waals surface area contributed by atoms with E-state index < -0.39 is 0 Å². The third-order valence-electron chi connectivity index (χ3n) is 4.06. The van der Waals surface area contributed by atoms with Gasteiger partial charge in [0, 0.05) is 18.3 Å². The molecule has 0 aliphatic heterocycles. The van der Waals surface area contributed by atoms with E-state index >= 15 is 0 Å². The van der Waals surface area contributed by atoms with Crippen molar-refractivity contribution in [3.8, 4) is 11.5 Å². The highest BCUT2D eigenvalue weighted by Gasteiger charge is 2.24. The monoisotopic (exact) mass is 312 g/mol. The Morgan fingerprint density at radius 3 is 2.87 bits per heavy atom. The molecule has 0 unspecified atom stereocenters. The van der Waals surface area contributed by atoms with Crippen LogP contribution in [0.1, 0.15) is 35.0 Å². The fourth-order valence-corrected chi connectivity index (χ4v) is 2.88. The van der Waals surface area contributed by atoms with Crippen LogP contribution in [0.2, 0.25) is 0 Å². The summed E-state index contributed by atoms with van der Waals surface area (Å²) in [4.78, 5) is 12.6. The molecule has 0 radical (unpaired) electrons. The van der Waals surface area contributed by atoms with Crippen molar-refractivity contribution >= 4 is 11.9 Å². The predicted octanol–water partition coefficient (Wildman–Crippen LogP) is 3.04. The number of carbonyl (C=O) groups excluding carboxylic acids is 1. The number of benzene rings is 1. The summed E-state index contributed by atoms with van der Waals surface area (Å²) in [6, 6.07) is 5.70. The Hall–Kier alpha value is -2.56. The standard InChI is InChI=1S/C18H20N2O3/c1-4-23-17-10-12(5-8-16(17)22-3)9-13-6-7-15-14(18(13)21)11-19-20(15)2/h5,8-11H,4,6-7H2,1-3H3/b13-9+. The fourth-order valence-electron chi connectivity index (χ4n) is 2.88. The zero-order valence-corrected chi connectivity index (χ0v) is 13.6. The van der Waals surface area contributed by atoms with Crippen LogP contribution in [0.4, 0.5) is 0 Å². The van der Waals surface area contributed by atoms with Gasteiger partial charge in [0.05, 0.1) is 25.5 Å². The van der Waals surface area contributed by atoms with Crippen molar-refractivity contribution < 1.29 is 14.3 Å². The number of ether oxygens (including phenoxy) is 2. The molecule has 2 aromatic rings. The zero-order chi connectivity index (χ0) is 16.4. The maximum atomic E-state index is 12.6. The molecule has 0 fully saturated rings. The molecular formula is C18H20N2O3. The number of fused-ring (bicyclic) bond motifs is 1. The lowest BCUT2D eigenvalue weighted by Crippen LogP contribution is -2.15. The molecule has 5 nitrogen and oxygen atoms in total. The molecular weight excluding hydrogens is 292 g/mol. The van der Waals surface area contributed by atoms with Crippen molar-refractivity contribution in [2.24, 2.45) is 7.05 Å². The van der Waals surface area contributed by atoms with Crippen LogP contribution in [0.15, 0.2) is 30.0 Å². The second-order valence-electron chi connectivity index (χ2n) is 5.47. The van der Waals surface area contributed by atoms with Gasteiger partial charge in [-0.2, -0.15) is 5.10 Å². The molecule has 0 saturated carbocycles. The van der Waals surface area contributed by atoms with E-state index in [1.807, 2.05) is 38.2 Å². The van der Waals surface area contributed by atoms with Gasteiger partial charge in [-0.05, 0) is 43.5 Å². The smallest absolute Gasteiger partial charge is 0.192 e. The van der Waals surface area contributed by atoms with E-state index in [4.69, 9.17) is 9.47 Å². The largest absolute Gasteiger partial charge is 0.493 e. The summed E-state index contributed by atoms with van der Waals surface area (Å²) in [5.41, 5.74) is 3.46. The highest BCUT2D eigenvalue weighted by atomic mass is 16.5. The van der Waals surface area contributed by atoms with Crippen molar-refractivity contribution in [1.29, 1.82) is 0 Å². The molecule has 1 heterocycles. The number of ketones is 1. The maximum Gasteiger partial charge on any atom is 0.192 e. The molecule has 0 bridgehead atoms. The Morgan fingerprint density at radius 1 is 1.30 bits per heavy atom. The van der Waals surface area contributed by atoms with Gasteiger partial charge in [-0.1, -0.05) is 6.07 Å². The molecule has 1 aliphatic rings. The lowest BCUT2D eigenvalue weighted by molar-refractivity contribution is 0.102. The molecule has 1 aromatic heterocycles. The lowest BCUT2D eigenvalue weighted by Gasteiger charge is -2.15. The Morgan fingerprint density at radius 2 is 2.13 bits per heavy atom. The number of allylic oxidation sites excluding steroid dienone is 1. The lowest BCUT2D eigenvalue weighted by atomic mass is 9.90. The van der Waals surface area contributed by atoms with Gasteiger partial charge in [-0.15, -0.1) is 0 Å². The van der Waals surface area contributed by atoms with Crippen molar-refractivity contribution in [3.63, 3.8) is 0 Å². The van der Waals surface area contributed by atoms with Crippen LogP contribution in [-0.4, -0.2) is 29.3 Å². The van der Waals surface area contributed by atoms with Crippen LogP contribution in [0.3, 0.4) is 0 Å². The van der Waals surface area contributed by atoms with Gasteiger partial charge in [0.25, 0.3) is 0 Å². The molecule has 120 valence electrons. The van der Waals surface area contributed by atoms with E-state index in [2.05, 4.69) is 5.10 Å². The molecule has 3 rings (SSSR count). The Balaban J connectivity index is 1.93. The van der Waals surface area contributed by atoms with Crippen LogP contribution in [-0.2, 0) is 13.5 Å². The summed E-state index contributed by atoms with van der Waals surface area (Å²) in [6.07, 6.45) is 5.14. The first-order valence-electron chi connectivity index (χ1n) is 7.71. The molecule has 23 heavy (non-hydrogen) atoms. The zero-order valence-electron chi connectivity index (χ0n) is 13.6. The number of nitrogens with zero attached hydrogens (tertiary/aromatic N) is 2. The van der Waals surface area contributed by atoms with Crippen molar-refractivity contribution in [3.05, 3.63) is 46.8 Å². The average Bonchev–Trinajstić information content (AvgIpc) is 2.93. The first-order chi connectivity index (χ1) is 11.1. The minimum atomic E-state index is 0.0631. The second kappa shape index (κ2) is 6.28. The van der Waals surface area contributed by atoms with E-state index in [9.17, 15) is 4.79 Å². The average molecular weight is 312 g/mol. The second-order valence-corrected chi connectivity index (χ2v) is 5.47. The van der Waals surface area contributed by atoms with Gasteiger partial charge < -0.3 is 9.47 Å². The van der Waals surface area contributed by atoms with Crippen LogP contribution in [0.25, 0.3) is 6.08 Å². The summed E-state index contributed by atoms with van der Waals surface area (Å²) < 4.78 is 12.7. The summed E-state index contributed by atoms with van der Waals surface area (Å²) in [5, 5.41) is 4.18. The normalized spacial score (nSPS) is 15.6. The Labute approximate surface area is 135 Å². The summed E-state index contributed by atoms with van der Waals surface area (Å²) >= 11 is 0. The van der Waals surface area contributed by atoms with Crippen molar-refractivity contribution in [1.82, 2.24) is 9.78 Å². The number of aryl methyl sites for hydroxylation is 1. The fraction of sp³-hybridized carbons (Fsp3) is 0.333. The van der Waals surface area contributed by atoms with E-state index in [-0.39, 0.29) is 5.78 Å². The summed E-state index contributed by atoms with van der Waals surface area (Å²) in [7, 11) is 3.49. The first-order valence-corrected chi connectivity index (χ1v) is 7.71. The minimum Gasteiger partial charge on any atom is -0.493 e. The minimum absolute atomic E-state index is 0.0631.